The third-order valence-electron chi connectivity index (χ3n) is 5.90. The summed E-state index contributed by atoms with van der Waals surface area (Å²) < 4.78 is -1.13. The van der Waals surface area contributed by atoms with E-state index < -0.39 is 29.8 Å². The first-order chi connectivity index (χ1) is 16.9. The maximum atomic E-state index is 14.1. The third kappa shape index (κ3) is 5.22. The van der Waals surface area contributed by atoms with Crippen molar-refractivity contribution in [2.45, 2.75) is 24.2 Å². The zero-order valence-electron chi connectivity index (χ0n) is 19.1. The molecule has 0 heterocycles. The van der Waals surface area contributed by atoms with Crippen LogP contribution in [0.5, 0.6) is 0 Å². The van der Waals surface area contributed by atoms with Crippen molar-refractivity contribution >= 4 is 29.8 Å². The fourth-order valence-corrected chi connectivity index (χ4v) is 15.8. The van der Waals surface area contributed by atoms with Crippen molar-refractivity contribution in [1.82, 2.24) is 0 Å². The molecule has 0 saturated heterocycles. The molecule has 3 aromatic rings. The van der Waals surface area contributed by atoms with Crippen molar-refractivity contribution in [2.75, 3.05) is 0 Å². The predicted octanol–water partition coefficient (Wildman–Crippen LogP) is 5.12. The van der Waals surface area contributed by atoms with Crippen LogP contribution in [0.4, 0.5) is 0 Å². The van der Waals surface area contributed by atoms with E-state index in [9.17, 15) is 14.4 Å². The van der Waals surface area contributed by atoms with Crippen molar-refractivity contribution < 1.29 is 14.4 Å². The molecule has 0 aliphatic heterocycles. The summed E-state index contributed by atoms with van der Waals surface area (Å²) in [7, 11) is 0. The predicted molar refractivity (Wildman–Crippen MR) is 132 cm³/mol. The van der Waals surface area contributed by atoms with E-state index in [2.05, 4.69) is 0 Å². The van der Waals surface area contributed by atoms with Crippen LogP contribution in [-0.4, -0.2) is 29.8 Å². The Balaban J connectivity index is 2.24. The van der Waals surface area contributed by atoms with E-state index in [1.54, 1.807) is 0 Å². The normalized spacial score (nSPS) is 10.5. The standard InChI is InChI=1S/3C8H4NO.C4H9.Sn/c3*9-5-7-1-3-8(6-10)4-2-7;1-3-4-2;/h3*1-4H;1,3-4H2,2H3;. The second-order valence-electron chi connectivity index (χ2n) is 8.06. The molecular formula is C28H21N3O3Sn. The van der Waals surface area contributed by atoms with Crippen LogP contribution in [0, 0.1) is 34.0 Å². The molecule has 0 fully saturated rings. The van der Waals surface area contributed by atoms with Crippen LogP contribution < -0.4 is 0 Å². The fourth-order valence-electron chi connectivity index (χ4n) is 3.92. The van der Waals surface area contributed by atoms with Gasteiger partial charge in [0.1, 0.15) is 0 Å². The molecule has 35 heavy (non-hydrogen) atoms. The first kappa shape index (κ1) is 25.6. The van der Waals surface area contributed by atoms with Crippen LogP contribution in [0.3, 0.4) is 0 Å². The second kappa shape index (κ2) is 11.4. The summed E-state index contributed by atoms with van der Waals surface area (Å²) in [6.07, 6.45) is 1.22. The zero-order chi connectivity index (χ0) is 25.4. The van der Waals surface area contributed by atoms with E-state index in [4.69, 9.17) is 15.8 Å². The van der Waals surface area contributed by atoms with Crippen molar-refractivity contribution in [2.24, 2.45) is 0 Å². The Labute approximate surface area is 207 Å². The van der Waals surface area contributed by atoms with Gasteiger partial charge in [-0.3, -0.25) is 0 Å². The van der Waals surface area contributed by atoms with Crippen LogP contribution in [0.15, 0.2) is 72.8 Å². The Bertz CT molecular complexity index is 1220. The number of carbonyl (C=O) groups excluding carboxylic acids is 3. The van der Waals surface area contributed by atoms with Gasteiger partial charge < -0.3 is 0 Å². The van der Waals surface area contributed by atoms with E-state index in [0.717, 1.165) is 0 Å². The molecule has 0 aromatic heterocycles. The number of benzene rings is 3. The van der Waals surface area contributed by atoms with Gasteiger partial charge in [0.15, 0.2) is 0 Å². The van der Waals surface area contributed by atoms with Crippen LogP contribution in [0.1, 0.15) is 67.5 Å². The number of unbranched alkanes of at least 4 members (excludes halogenated alkanes) is 1. The first-order valence-electron chi connectivity index (χ1n) is 11.1. The summed E-state index contributed by atoms with van der Waals surface area (Å²) in [5.74, 6) is 0. The summed E-state index contributed by atoms with van der Waals surface area (Å²) in [5, 5.41) is 27.4. The van der Waals surface area contributed by atoms with Crippen molar-refractivity contribution in [3.8, 4) is 18.2 Å². The molecule has 0 aliphatic carbocycles. The number of nitrogens with zero attached hydrogens (tertiary/aromatic N) is 3. The van der Waals surface area contributed by atoms with E-state index in [0.29, 0.717) is 29.5 Å². The van der Waals surface area contributed by atoms with Gasteiger partial charge in [0.25, 0.3) is 0 Å². The molecule has 0 atom stereocenters. The molecule has 0 N–H and O–H groups in total. The third-order valence-corrected chi connectivity index (χ3v) is 18.2. The van der Waals surface area contributed by atoms with Gasteiger partial charge in [-0.25, -0.2) is 0 Å². The SMILES string of the molecule is CCC[CH2][Sn]([C](=O)c1ccc(C#N)cc1)([C](=O)c1ccc(C#N)cc1)[C](=O)c1ccc(C#N)cc1. The van der Waals surface area contributed by atoms with Gasteiger partial charge in [0.2, 0.25) is 0 Å². The van der Waals surface area contributed by atoms with E-state index in [1.165, 1.54) is 72.8 Å². The fraction of sp³-hybridized carbons (Fsp3) is 0.143. The first-order valence-corrected chi connectivity index (χ1v) is 17.4. The van der Waals surface area contributed by atoms with Gasteiger partial charge in [-0.1, -0.05) is 0 Å². The summed E-state index contributed by atoms with van der Waals surface area (Å²) >= 11 is -5.15. The molecule has 3 aromatic carbocycles. The Morgan fingerprint density at radius 3 is 1.11 bits per heavy atom. The van der Waals surface area contributed by atoms with Gasteiger partial charge in [-0.05, 0) is 0 Å². The summed E-state index contributed by atoms with van der Waals surface area (Å²) in [4.78, 5) is 42.3. The van der Waals surface area contributed by atoms with Gasteiger partial charge in [0, 0.05) is 0 Å². The molecule has 0 spiro atoms. The quantitative estimate of drug-likeness (QED) is 0.332. The number of nitriles is 3. The monoisotopic (exact) mass is 567 g/mol. The zero-order valence-corrected chi connectivity index (χ0v) is 22.0. The van der Waals surface area contributed by atoms with Crippen LogP contribution in [0.2, 0.25) is 4.44 Å². The van der Waals surface area contributed by atoms with Crippen LogP contribution in [0.25, 0.3) is 0 Å². The van der Waals surface area contributed by atoms with E-state index in [-0.39, 0.29) is 21.1 Å². The number of carbonyl (C=O) groups is 3. The van der Waals surface area contributed by atoms with Crippen molar-refractivity contribution in [3.05, 3.63) is 106 Å². The van der Waals surface area contributed by atoms with Gasteiger partial charge in [-0.2, -0.15) is 0 Å². The molecule has 0 saturated carbocycles. The molecule has 0 unspecified atom stereocenters. The van der Waals surface area contributed by atoms with E-state index in [1.807, 2.05) is 25.1 Å². The molecule has 7 heteroatoms. The Morgan fingerprint density at radius 2 is 0.886 bits per heavy atom. The summed E-state index contributed by atoms with van der Waals surface area (Å²) in [5.41, 5.74) is 1.81. The molecule has 170 valence electrons. The number of hydrogen-bond acceptors (Lipinski definition) is 6. The average Bonchev–Trinajstić information content (AvgIpc) is 2.93. The molecule has 0 radical (unpaired) electrons. The Morgan fingerprint density at radius 1 is 0.600 bits per heavy atom. The van der Waals surface area contributed by atoms with Gasteiger partial charge in [0.05, 0.1) is 0 Å². The molecule has 0 bridgehead atoms. The Hall–Kier alpha value is -4.06. The van der Waals surface area contributed by atoms with Gasteiger partial charge >= 0.3 is 209 Å². The second-order valence-corrected chi connectivity index (χ2v) is 18.5. The Kier molecular flexibility index (Phi) is 8.31. The minimum atomic E-state index is -5.15. The molecule has 0 aliphatic rings. The van der Waals surface area contributed by atoms with Gasteiger partial charge in [-0.15, -0.1) is 0 Å². The maximum absolute atomic E-state index is 14.1. The minimum absolute atomic E-state index is 0.196. The van der Waals surface area contributed by atoms with E-state index >= 15 is 0 Å². The van der Waals surface area contributed by atoms with Crippen molar-refractivity contribution in [1.29, 1.82) is 15.8 Å². The average molecular weight is 566 g/mol. The van der Waals surface area contributed by atoms with Crippen LogP contribution in [-0.2, 0) is 0 Å². The van der Waals surface area contributed by atoms with Crippen LogP contribution >= 0.6 is 0 Å². The topological polar surface area (TPSA) is 123 Å². The summed E-state index contributed by atoms with van der Waals surface area (Å²) in [6.45, 7) is 1.93. The molecule has 6 nitrogen and oxygen atoms in total. The summed E-state index contributed by atoms with van der Waals surface area (Å²) in [6, 6.07) is 24.0. The molecular weight excluding hydrogens is 545 g/mol. The van der Waals surface area contributed by atoms with Crippen molar-refractivity contribution in [3.63, 3.8) is 0 Å². The molecule has 3 rings (SSSR count). The number of rotatable bonds is 9. The number of hydrogen-bond donors (Lipinski definition) is 0. The molecule has 0 amide bonds.